The summed E-state index contributed by atoms with van der Waals surface area (Å²) in [6, 6.07) is 9.12. The van der Waals surface area contributed by atoms with E-state index in [1.54, 1.807) is 7.11 Å². The predicted molar refractivity (Wildman–Crippen MR) is 87.9 cm³/mol. The molecule has 3 nitrogen and oxygen atoms in total. The van der Waals surface area contributed by atoms with Gasteiger partial charge in [0, 0.05) is 30.7 Å². The summed E-state index contributed by atoms with van der Waals surface area (Å²) in [5, 5.41) is 4.93. The van der Waals surface area contributed by atoms with Gasteiger partial charge < -0.3 is 14.6 Å². The van der Waals surface area contributed by atoms with E-state index < -0.39 is 0 Å². The van der Waals surface area contributed by atoms with E-state index in [0.717, 1.165) is 24.8 Å². The first kappa shape index (κ1) is 14.5. The lowest BCUT2D eigenvalue weighted by Gasteiger charge is -2.27. The van der Waals surface area contributed by atoms with Crippen molar-refractivity contribution in [1.82, 2.24) is 9.88 Å². The largest absolute Gasteiger partial charge is 0.496 e. The molecule has 0 bridgehead atoms. The summed E-state index contributed by atoms with van der Waals surface area (Å²) in [7, 11) is 1.73. The van der Waals surface area contributed by atoms with Crippen molar-refractivity contribution in [2.24, 2.45) is 5.92 Å². The molecular weight excluding hydrogens is 260 g/mol. The molecule has 1 N–H and O–H groups in total. The highest BCUT2D eigenvalue weighted by Gasteiger charge is 2.17. The van der Waals surface area contributed by atoms with Crippen molar-refractivity contribution >= 4 is 10.9 Å². The van der Waals surface area contributed by atoms with Crippen LogP contribution in [0, 0.1) is 5.92 Å². The van der Waals surface area contributed by atoms with Gasteiger partial charge in [0.2, 0.25) is 0 Å². The molecule has 1 heterocycles. The first-order chi connectivity index (χ1) is 10.3. The highest BCUT2D eigenvalue weighted by Crippen LogP contribution is 2.26. The third kappa shape index (κ3) is 3.24. The minimum absolute atomic E-state index is 0.713. The fourth-order valence-electron chi connectivity index (χ4n) is 3.58. The quantitative estimate of drug-likeness (QED) is 0.904. The molecule has 0 aliphatic heterocycles. The maximum Gasteiger partial charge on any atom is 0.128 e. The molecule has 1 aromatic heterocycles. The summed E-state index contributed by atoms with van der Waals surface area (Å²) in [5.74, 6) is 1.84. The first-order valence-corrected chi connectivity index (χ1v) is 8.13. The molecule has 0 radical (unpaired) electrons. The molecule has 2 unspecified atom stereocenters. The lowest BCUT2D eigenvalue weighted by Crippen LogP contribution is -2.35. The number of rotatable bonds is 5. The molecule has 3 heteroatoms. The van der Waals surface area contributed by atoms with E-state index in [2.05, 4.69) is 41.2 Å². The van der Waals surface area contributed by atoms with E-state index >= 15 is 0 Å². The second-order valence-electron chi connectivity index (χ2n) is 6.33. The highest BCUT2D eigenvalue weighted by molar-refractivity contribution is 5.86. The second-order valence-corrected chi connectivity index (χ2v) is 6.33. The Labute approximate surface area is 127 Å². The van der Waals surface area contributed by atoms with Gasteiger partial charge in [-0.3, -0.25) is 0 Å². The lowest BCUT2D eigenvalue weighted by molar-refractivity contribution is 0.299. The van der Waals surface area contributed by atoms with Gasteiger partial charge in [-0.15, -0.1) is 0 Å². The van der Waals surface area contributed by atoms with Crippen LogP contribution in [-0.2, 0) is 6.54 Å². The zero-order valence-electron chi connectivity index (χ0n) is 13.1. The van der Waals surface area contributed by atoms with Crippen molar-refractivity contribution in [3.05, 3.63) is 30.5 Å². The van der Waals surface area contributed by atoms with Gasteiger partial charge in [0.15, 0.2) is 0 Å². The van der Waals surface area contributed by atoms with Gasteiger partial charge in [0.25, 0.3) is 0 Å². The van der Waals surface area contributed by atoms with E-state index in [1.807, 2.05) is 6.07 Å². The van der Waals surface area contributed by atoms with Crippen LogP contribution in [0.5, 0.6) is 5.75 Å². The molecule has 0 saturated heterocycles. The van der Waals surface area contributed by atoms with Gasteiger partial charge in [0.1, 0.15) is 5.75 Å². The Bertz CT molecular complexity index is 590. The Morgan fingerprint density at radius 1 is 1.29 bits per heavy atom. The van der Waals surface area contributed by atoms with Gasteiger partial charge in [-0.1, -0.05) is 25.8 Å². The molecule has 1 saturated carbocycles. The van der Waals surface area contributed by atoms with Gasteiger partial charge in [-0.05, 0) is 37.0 Å². The monoisotopic (exact) mass is 286 g/mol. The van der Waals surface area contributed by atoms with E-state index in [9.17, 15) is 0 Å². The van der Waals surface area contributed by atoms with E-state index in [1.165, 1.54) is 36.6 Å². The maximum absolute atomic E-state index is 5.42. The van der Waals surface area contributed by atoms with E-state index in [-0.39, 0.29) is 0 Å². The van der Waals surface area contributed by atoms with Crippen molar-refractivity contribution < 1.29 is 4.74 Å². The van der Waals surface area contributed by atoms with E-state index in [4.69, 9.17) is 4.74 Å². The molecule has 1 aliphatic carbocycles. The number of ether oxygens (including phenoxy) is 1. The molecule has 0 amide bonds. The molecule has 2 atom stereocenters. The molecule has 1 aliphatic rings. The van der Waals surface area contributed by atoms with Gasteiger partial charge in [0.05, 0.1) is 12.6 Å². The standard InChI is InChI=1S/C18H26N2O/c1-14-5-3-6-15(13-14)19-10-12-20-11-9-16-17(20)7-4-8-18(16)21-2/h4,7-9,11,14-15,19H,3,5-6,10,12-13H2,1-2H3. The molecule has 3 rings (SSSR count). The van der Waals surface area contributed by atoms with Crippen molar-refractivity contribution in [1.29, 1.82) is 0 Å². The number of methoxy groups -OCH3 is 1. The molecule has 0 spiro atoms. The summed E-state index contributed by atoms with van der Waals surface area (Å²) in [6.07, 6.45) is 7.62. The molecule has 1 fully saturated rings. The van der Waals surface area contributed by atoms with Crippen LogP contribution >= 0.6 is 0 Å². The summed E-state index contributed by atoms with van der Waals surface area (Å²) in [5.41, 5.74) is 1.26. The average Bonchev–Trinajstić information content (AvgIpc) is 2.91. The van der Waals surface area contributed by atoms with Crippen LogP contribution in [0.15, 0.2) is 30.5 Å². The van der Waals surface area contributed by atoms with Crippen LogP contribution in [0.4, 0.5) is 0 Å². The van der Waals surface area contributed by atoms with E-state index in [0.29, 0.717) is 6.04 Å². The third-order valence-electron chi connectivity index (χ3n) is 4.72. The van der Waals surface area contributed by atoms with Crippen LogP contribution in [0.25, 0.3) is 10.9 Å². The number of nitrogens with zero attached hydrogens (tertiary/aromatic N) is 1. The zero-order valence-corrected chi connectivity index (χ0v) is 13.1. The average molecular weight is 286 g/mol. The number of aromatic nitrogens is 1. The number of hydrogen-bond donors (Lipinski definition) is 1. The summed E-state index contributed by atoms with van der Waals surface area (Å²) >= 11 is 0. The molecular formula is C18H26N2O. The summed E-state index contributed by atoms with van der Waals surface area (Å²) in [4.78, 5) is 0. The first-order valence-electron chi connectivity index (χ1n) is 8.13. The SMILES string of the molecule is COc1cccc2c1ccn2CCNC1CCCC(C)C1. The van der Waals surface area contributed by atoms with Crippen LogP contribution in [-0.4, -0.2) is 24.3 Å². The van der Waals surface area contributed by atoms with Crippen LogP contribution in [0.3, 0.4) is 0 Å². The highest BCUT2D eigenvalue weighted by atomic mass is 16.5. The Balaban J connectivity index is 1.60. The van der Waals surface area contributed by atoms with Crippen molar-refractivity contribution in [3.8, 4) is 5.75 Å². The van der Waals surface area contributed by atoms with Crippen molar-refractivity contribution in [2.75, 3.05) is 13.7 Å². The second kappa shape index (κ2) is 6.52. The number of fused-ring (bicyclic) bond motifs is 1. The van der Waals surface area contributed by atoms with Gasteiger partial charge in [-0.25, -0.2) is 0 Å². The van der Waals surface area contributed by atoms with Crippen molar-refractivity contribution in [3.63, 3.8) is 0 Å². The molecule has 114 valence electrons. The maximum atomic E-state index is 5.42. The smallest absolute Gasteiger partial charge is 0.128 e. The fraction of sp³-hybridized carbons (Fsp3) is 0.556. The topological polar surface area (TPSA) is 26.2 Å². The number of nitrogens with one attached hydrogen (secondary N) is 1. The van der Waals surface area contributed by atoms with Crippen LogP contribution in [0.2, 0.25) is 0 Å². The summed E-state index contributed by atoms with van der Waals surface area (Å²) < 4.78 is 7.74. The normalized spacial score (nSPS) is 22.6. The van der Waals surface area contributed by atoms with Gasteiger partial charge >= 0.3 is 0 Å². The molecule has 21 heavy (non-hydrogen) atoms. The van der Waals surface area contributed by atoms with Crippen molar-refractivity contribution in [2.45, 2.75) is 45.2 Å². The summed E-state index contributed by atoms with van der Waals surface area (Å²) in [6.45, 7) is 4.43. The van der Waals surface area contributed by atoms with Crippen LogP contribution < -0.4 is 10.1 Å². The Morgan fingerprint density at radius 2 is 2.19 bits per heavy atom. The number of benzene rings is 1. The third-order valence-corrected chi connectivity index (χ3v) is 4.72. The Kier molecular flexibility index (Phi) is 4.49. The van der Waals surface area contributed by atoms with Gasteiger partial charge in [-0.2, -0.15) is 0 Å². The Morgan fingerprint density at radius 3 is 3.00 bits per heavy atom. The zero-order chi connectivity index (χ0) is 14.7. The Hall–Kier alpha value is -1.48. The fourth-order valence-corrected chi connectivity index (χ4v) is 3.58. The lowest BCUT2D eigenvalue weighted by atomic mass is 9.87. The molecule has 2 aromatic rings. The minimum Gasteiger partial charge on any atom is -0.496 e. The van der Waals surface area contributed by atoms with Crippen LogP contribution in [0.1, 0.15) is 32.6 Å². The minimum atomic E-state index is 0.713. The predicted octanol–water partition coefficient (Wildman–Crippen LogP) is 3.82. The number of hydrogen-bond acceptors (Lipinski definition) is 2. The molecule has 1 aromatic carbocycles.